The van der Waals surface area contributed by atoms with E-state index in [0.29, 0.717) is 18.6 Å². The van der Waals surface area contributed by atoms with Gasteiger partial charge < -0.3 is 0 Å². The van der Waals surface area contributed by atoms with Crippen molar-refractivity contribution in [2.75, 3.05) is 0 Å². The monoisotopic (exact) mass is 383 g/mol. The molecule has 2 N–H and O–H groups in total. The van der Waals surface area contributed by atoms with E-state index in [1.165, 1.54) is 23.7 Å². The number of nitrogens with two attached hydrogens (primary N) is 1. The molecule has 0 aliphatic rings. The summed E-state index contributed by atoms with van der Waals surface area (Å²) in [5, 5.41) is 2.06. The molecule has 2 radical (unpaired) electrons. The molecule has 0 saturated heterocycles. The van der Waals surface area contributed by atoms with Crippen molar-refractivity contribution in [1.82, 2.24) is 0 Å². The van der Waals surface area contributed by atoms with Gasteiger partial charge in [0.2, 0.25) is 0 Å². The molecule has 0 amide bonds. The molecule has 0 spiro atoms. The van der Waals surface area contributed by atoms with E-state index in [4.69, 9.17) is 15.3 Å². The van der Waals surface area contributed by atoms with E-state index in [-0.39, 0.29) is 21.1 Å². The Labute approximate surface area is 125 Å². The van der Waals surface area contributed by atoms with Crippen molar-refractivity contribution in [3.8, 4) is 0 Å². The Bertz CT molecular complexity index is 166. The average Bonchev–Trinajstić information content (AvgIpc) is 2.35. The van der Waals surface area contributed by atoms with Crippen LogP contribution in [0.3, 0.4) is 0 Å². The zero-order valence-electron chi connectivity index (χ0n) is 10.4. The number of hydrogen-bond donors (Lipinski definition) is 1. The molecule has 0 aromatic heterocycles. The van der Waals surface area contributed by atoms with Crippen LogP contribution in [-0.2, 0) is 9.59 Å². The van der Waals surface area contributed by atoms with Crippen molar-refractivity contribution >= 4 is 68.9 Å². The molecule has 1 unspecified atom stereocenters. The summed E-state index contributed by atoms with van der Waals surface area (Å²) in [7, 11) is 0. The Morgan fingerprint density at radius 2 is 1.59 bits per heavy atom. The van der Waals surface area contributed by atoms with Gasteiger partial charge in [-0.3, -0.25) is 9.59 Å². The molecule has 0 heterocycles. The predicted molar refractivity (Wildman–Crippen MR) is 83.4 cm³/mol. The zero-order valence-corrected chi connectivity index (χ0v) is 14.9. The van der Waals surface area contributed by atoms with E-state index in [9.17, 15) is 0 Å². The van der Waals surface area contributed by atoms with Crippen LogP contribution in [0.1, 0.15) is 26.2 Å². The SMILES string of the molecule is O=CC=S.O=CC=S.[CH3][Sn][CH2]CCCC(C)N. The Morgan fingerprint density at radius 1 is 1.18 bits per heavy atom. The van der Waals surface area contributed by atoms with Crippen LogP contribution in [0, 0.1) is 0 Å². The van der Waals surface area contributed by atoms with Crippen molar-refractivity contribution in [3.05, 3.63) is 0 Å². The predicted octanol–water partition coefficient (Wildman–Crippen LogP) is 2.04. The zero-order chi connectivity index (χ0) is 13.9. The second-order valence-corrected chi connectivity index (χ2v) is 7.11. The van der Waals surface area contributed by atoms with E-state index in [1.807, 2.05) is 0 Å². The normalized spacial score (nSPS) is 9.59. The molecule has 0 aromatic rings. The molecule has 0 rings (SSSR count). The Hall–Kier alpha value is 0.279. The topological polar surface area (TPSA) is 60.2 Å². The second kappa shape index (κ2) is 25.2. The van der Waals surface area contributed by atoms with Gasteiger partial charge in [0.25, 0.3) is 0 Å². The van der Waals surface area contributed by atoms with Gasteiger partial charge in [-0.1, -0.05) is 24.4 Å². The molecule has 0 bridgehead atoms. The summed E-state index contributed by atoms with van der Waals surface area (Å²) in [4.78, 5) is 20.4. The summed E-state index contributed by atoms with van der Waals surface area (Å²) >= 11 is 8.23. The minimum atomic E-state index is 0.107. The summed E-state index contributed by atoms with van der Waals surface area (Å²) < 4.78 is 1.54. The summed E-state index contributed by atoms with van der Waals surface area (Å²) in [5.41, 5.74) is 5.59. The molecular formula is C11H21NO2S2Sn. The third kappa shape index (κ3) is 48.4. The van der Waals surface area contributed by atoms with Crippen LogP contribution in [0.4, 0.5) is 0 Å². The van der Waals surface area contributed by atoms with Crippen molar-refractivity contribution in [1.29, 1.82) is 0 Å². The fraction of sp³-hybridized carbons (Fsp3) is 0.636. The molecule has 0 saturated carbocycles. The third-order valence-corrected chi connectivity index (χ3v) is 4.11. The Morgan fingerprint density at radius 3 is 1.82 bits per heavy atom. The van der Waals surface area contributed by atoms with Crippen LogP contribution in [0.25, 0.3) is 0 Å². The van der Waals surface area contributed by atoms with Gasteiger partial charge in [-0.15, -0.1) is 0 Å². The number of carbonyl (C=O) groups is 2. The van der Waals surface area contributed by atoms with Gasteiger partial charge in [0.1, 0.15) is 0 Å². The third-order valence-electron chi connectivity index (χ3n) is 1.45. The molecule has 0 aliphatic carbocycles. The van der Waals surface area contributed by atoms with E-state index in [2.05, 4.69) is 36.3 Å². The maximum atomic E-state index is 9.01. The van der Waals surface area contributed by atoms with Crippen LogP contribution in [-0.4, -0.2) is 50.5 Å². The number of hydrogen-bond acceptors (Lipinski definition) is 5. The van der Waals surface area contributed by atoms with Gasteiger partial charge in [0.05, 0.1) is 0 Å². The fourth-order valence-corrected chi connectivity index (χ4v) is 2.49. The van der Waals surface area contributed by atoms with Gasteiger partial charge in [-0.2, -0.15) is 0 Å². The van der Waals surface area contributed by atoms with E-state index < -0.39 is 0 Å². The van der Waals surface area contributed by atoms with Crippen LogP contribution >= 0.6 is 24.4 Å². The van der Waals surface area contributed by atoms with Crippen molar-refractivity contribution in [3.63, 3.8) is 0 Å². The average molecular weight is 382 g/mol. The number of carbonyl (C=O) groups excluding carboxylic acids is 2. The maximum absolute atomic E-state index is 9.01. The molecule has 0 fully saturated rings. The number of unbranched alkanes of at least 4 members (excludes halogenated alkanes) is 1. The van der Waals surface area contributed by atoms with Gasteiger partial charge >= 0.3 is 68.5 Å². The standard InChI is InChI=1S/C6H14N.2C2H2OS.CH3.Sn/c1-3-4-5-6(2)7;2*3-1-2-4;;/h6H,1,3-5,7H2,2H3;2*1-2H;1H3;. The number of rotatable bonds is 7. The molecule has 0 aliphatic heterocycles. The minimum absolute atomic E-state index is 0.107. The van der Waals surface area contributed by atoms with Crippen molar-refractivity contribution in [2.24, 2.45) is 5.73 Å². The first-order chi connectivity index (χ1) is 8.10. The van der Waals surface area contributed by atoms with Crippen LogP contribution < -0.4 is 5.73 Å². The summed E-state index contributed by atoms with van der Waals surface area (Å²) in [6.45, 7) is 2.09. The molecular weight excluding hydrogens is 361 g/mol. The number of aldehydes is 2. The Balaban J connectivity index is -0.000000205. The summed E-state index contributed by atoms with van der Waals surface area (Å²) in [6.07, 6.45) is 5.14. The summed E-state index contributed by atoms with van der Waals surface area (Å²) in [5.74, 6) is 0. The second-order valence-electron chi connectivity index (χ2n) is 3.12. The Kier molecular flexibility index (Phi) is 33.3. The van der Waals surface area contributed by atoms with Crippen molar-refractivity contribution < 1.29 is 9.59 Å². The molecule has 17 heavy (non-hydrogen) atoms. The molecule has 0 aromatic carbocycles. The van der Waals surface area contributed by atoms with Gasteiger partial charge in [-0.05, 0) is 0 Å². The van der Waals surface area contributed by atoms with Crippen LogP contribution in [0.15, 0.2) is 0 Å². The molecule has 3 nitrogen and oxygen atoms in total. The van der Waals surface area contributed by atoms with Gasteiger partial charge in [-0.25, -0.2) is 0 Å². The number of thiocarbonyl (C=S) groups is 2. The van der Waals surface area contributed by atoms with Crippen LogP contribution in [0.2, 0.25) is 9.38 Å². The molecule has 98 valence electrons. The molecule has 1 atom stereocenters. The first kappa shape index (κ1) is 22.5. The quantitative estimate of drug-likeness (QED) is 0.316. The van der Waals surface area contributed by atoms with Crippen LogP contribution in [0.5, 0.6) is 0 Å². The molecule has 6 heteroatoms. The first-order valence-electron chi connectivity index (χ1n) is 5.28. The van der Waals surface area contributed by atoms with E-state index in [0.717, 1.165) is 10.7 Å². The van der Waals surface area contributed by atoms with E-state index in [1.54, 1.807) is 0 Å². The van der Waals surface area contributed by atoms with E-state index >= 15 is 0 Å². The summed E-state index contributed by atoms with van der Waals surface area (Å²) in [6, 6.07) is 0.423. The van der Waals surface area contributed by atoms with Crippen molar-refractivity contribution in [2.45, 2.75) is 41.6 Å². The first-order valence-corrected chi connectivity index (χ1v) is 11.1. The fourth-order valence-electron chi connectivity index (χ4n) is 0.768. The van der Waals surface area contributed by atoms with Gasteiger partial charge in [0, 0.05) is 10.7 Å². The van der Waals surface area contributed by atoms with Gasteiger partial charge in [0.15, 0.2) is 12.6 Å².